The second-order valence-corrected chi connectivity index (χ2v) is 6.76. The van der Waals surface area contributed by atoms with Gasteiger partial charge in [-0.25, -0.2) is 0 Å². The van der Waals surface area contributed by atoms with Gasteiger partial charge < -0.3 is 9.84 Å². The molecule has 1 rings (SSSR count). The van der Waals surface area contributed by atoms with Crippen LogP contribution in [0.1, 0.15) is 47.0 Å². The molecular weight excluding hydrogens is 248 g/mol. The van der Waals surface area contributed by atoms with Crippen LogP contribution in [0.15, 0.2) is 36.5 Å². The van der Waals surface area contributed by atoms with E-state index in [1.807, 2.05) is 18.2 Å². The summed E-state index contributed by atoms with van der Waals surface area (Å²) < 4.78 is 5.87. The third-order valence-corrected chi connectivity index (χ3v) is 3.90. The van der Waals surface area contributed by atoms with Crippen molar-refractivity contribution >= 4 is 0 Å². The standard InChI is InChI=1S/C18H30O2/c1-7-8-16-9-10-17(19,11-14(2)3)18(13-16,20-6)12-15(4)5/h7,9-10,13-15,19H,1,8,11-12H2,2-6H3. The van der Waals surface area contributed by atoms with Crippen molar-refractivity contribution in [3.8, 4) is 0 Å². The van der Waals surface area contributed by atoms with Crippen LogP contribution in [0.2, 0.25) is 0 Å². The first-order chi connectivity index (χ1) is 9.28. The molecule has 1 aliphatic rings. The zero-order valence-corrected chi connectivity index (χ0v) is 13.6. The molecule has 0 saturated carbocycles. The molecule has 2 heteroatoms. The number of methoxy groups -OCH3 is 1. The molecule has 2 nitrogen and oxygen atoms in total. The van der Waals surface area contributed by atoms with Crippen molar-refractivity contribution in [3.05, 3.63) is 36.5 Å². The molecule has 0 amide bonds. The average molecular weight is 278 g/mol. The maximum Gasteiger partial charge on any atom is 0.119 e. The number of ether oxygens (including phenoxy) is 1. The molecule has 2 unspecified atom stereocenters. The van der Waals surface area contributed by atoms with Crippen molar-refractivity contribution in [1.82, 2.24) is 0 Å². The van der Waals surface area contributed by atoms with Crippen molar-refractivity contribution in [3.63, 3.8) is 0 Å². The zero-order chi connectivity index (χ0) is 15.4. The molecule has 1 aliphatic carbocycles. The van der Waals surface area contributed by atoms with Gasteiger partial charge in [-0.05, 0) is 48.8 Å². The van der Waals surface area contributed by atoms with E-state index >= 15 is 0 Å². The van der Waals surface area contributed by atoms with Gasteiger partial charge in [0.25, 0.3) is 0 Å². The Bertz CT molecular complexity index is 392. The third-order valence-electron chi connectivity index (χ3n) is 3.90. The van der Waals surface area contributed by atoms with E-state index in [0.29, 0.717) is 18.3 Å². The van der Waals surface area contributed by atoms with Crippen LogP contribution >= 0.6 is 0 Å². The first kappa shape index (κ1) is 17.2. The van der Waals surface area contributed by atoms with Crippen molar-refractivity contribution < 1.29 is 9.84 Å². The van der Waals surface area contributed by atoms with Crippen molar-refractivity contribution in [1.29, 1.82) is 0 Å². The fourth-order valence-corrected chi connectivity index (χ4v) is 3.18. The highest BCUT2D eigenvalue weighted by molar-refractivity contribution is 5.37. The summed E-state index contributed by atoms with van der Waals surface area (Å²) in [6.07, 6.45) is 10.2. The highest BCUT2D eigenvalue weighted by atomic mass is 16.5. The molecule has 0 saturated heterocycles. The van der Waals surface area contributed by atoms with Crippen LogP contribution in [0.5, 0.6) is 0 Å². The molecule has 0 fully saturated rings. The number of aliphatic hydroxyl groups is 1. The third kappa shape index (κ3) is 3.62. The lowest BCUT2D eigenvalue weighted by molar-refractivity contribution is -0.134. The lowest BCUT2D eigenvalue weighted by Crippen LogP contribution is -2.55. The monoisotopic (exact) mass is 278 g/mol. The van der Waals surface area contributed by atoms with Gasteiger partial charge in [-0.3, -0.25) is 0 Å². The maximum atomic E-state index is 11.2. The Morgan fingerprint density at radius 3 is 2.30 bits per heavy atom. The molecule has 1 N–H and O–H groups in total. The highest BCUT2D eigenvalue weighted by Crippen LogP contribution is 2.43. The minimum atomic E-state index is -0.940. The van der Waals surface area contributed by atoms with Crippen LogP contribution < -0.4 is 0 Å². The minimum absolute atomic E-state index is 0.403. The van der Waals surface area contributed by atoms with Gasteiger partial charge in [0.15, 0.2) is 0 Å². The summed E-state index contributed by atoms with van der Waals surface area (Å²) in [5.41, 5.74) is -0.417. The van der Waals surface area contributed by atoms with Gasteiger partial charge in [-0.1, -0.05) is 39.8 Å². The Morgan fingerprint density at radius 2 is 1.85 bits per heavy atom. The van der Waals surface area contributed by atoms with E-state index in [0.717, 1.165) is 18.4 Å². The molecule has 0 heterocycles. The van der Waals surface area contributed by atoms with E-state index in [2.05, 4.69) is 40.3 Å². The molecule has 0 bridgehead atoms. The van der Waals surface area contributed by atoms with Gasteiger partial charge in [-0.2, -0.15) is 0 Å². The quantitative estimate of drug-likeness (QED) is 0.705. The summed E-state index contributed by atoms with van der Waals surface area (Å²) in [5.74, 6) is 0.849. The summed E-state index contributed by atoms with van der Waals surface area (Å²) in [7, 11) is 1.70. The first-order valence-corrected chi connectivity index (χ1v) is 7.58. The predicted molar refractivity (Wildman–Crippen MR) is 85.6 cm³/mol. The van der Waals surface area contributed by atoms with Gasteiger partial charge in [0.1, 0.15) is 11.2 Å². The maximum absolute atomic E-state index is 11.2. The van der Waals surface area contributed by atoms with Crippen LogP contribution in [0.4, 0.5) is 0 Å². The van der Waals surface area contributed by atoms with E-state index in [-0.39, 0.29) is 0 Å². The number of allylic oxidation sites excluding steroid dienone is 3. The van der Waals surface area contributed by atoms with Gasteiger partial charge in [-0.15, -0.1) is 6.58 Å². The molecule has 0 aromatic rings. The molecule has 0 aromatic carbocycles. The number of rotatable bonds is 7. The zero-order valence-electron chi connectivity index (χ0n) is 13.6. The Hall–Kier alpha value is -0.860. The molecular formula is C18H30O2. The Labute approximate surface area is 124 Å². The fraction of sp³-hybridized carbons (Fsp3) is 0.667. The van der Waals surface area contributed by atoms with Crippen LogP contribution in [0, 0.1) is 11.8 Å². The minimum Gasteiger partial charge on any atom is -0.382 e. The Morgan fingerprint density at radius 1 is 1.25 bits per heavy atom. The molecule has 0 aliphatic heterocycles. The van der Waals surface area contributed by atoms with Crippen molar-refractivity contribution in [2.24, 2.45) is 11.8 Å². The lowest BCUT2D eigenvalue weighted by Gasteiger charge is -2.47. The van der Waals surface area contributed by atoms with Crippen molar-refractivity contribution in [2.45, 2.75) is 58.2 Å². The van der Waals surface area contributed by atoms with E-state index in [9.17, 15) is 5.11 Å². The van der Waals surface area contributed by atoms with Gasteiger partial charge in [0, 0.05) is 7.11 Å². The van der Waals surface area contributed by atoms with Crippen molar-refractivity contribution in [2.75, 3.05) is 7.11 Å². The number of hydrogen-bond donors (Lipinski definition) is 1. The summed E-state index contributed by atoms with van der Waals surface area (Å²) >= 11 is 0. The van der Waals surface area contributed by atoms with E-state index in [1.54, 1.807) is 7.11 Å². The van der Waals surface area contributed by atoms with Crippen LogP contribution in [-0.4, -0.2) is 23.4 Å². The molecule has 0 aromatic heterocycles. The van der Waals surface area contributed by atoms with E-state index in [1.165, 1.54) is 0 Å². The summed E-state index contributed by atoms with van der Waals surface area (Å²) in [6, 6.07) is 0. The van der Waals surface area contributed by atoms with Crippen LogP contribution in [-0.2, 0) is 4.74 Å². The second kappa shape index (κ2) is 6.73. The molecule has 114 valence electrons. The lowest BCUT2D eigenvalue weighted by atomic mass is 9.69. The summed E-state index contributed by atoms with van der Waals surface area (Å²) in [5, 5.41) is 11.2. The first-order valence-electron chi connectivity index (χ1n) is 7.58. The van der Waals surface area contributed by atoms with E-state index in [4.69, 9.17) is 4.74 Å². The van der Waals surface area contributed by atoms with Crippen LogP contribution in [0.3, 0.4) is 0 Å². The second-order valence-electron chi connectivity index (χ2n) is 6.76. The number of hydrogen-bond acceptors (Lipinski definition) is 2. The highest BCUT2D eigenvalue weighted by Gasteiger charge is 2.49. The SMILES string of the molecule is C=CCC1=CC(CC(C)C)(OC)C(O)(CC(C)C)C=C1. The van der Waals surface area contributed by atoms with Gasteiger partial charge >= 0.3 is 0 Å². The molecule has 2 atom stereocenters. The molecule has 20 heavy (non-hydrogen) atoms. The smallest absolute Gasteiger partial charge is 0.119 e. The van der Waals surface area contributed by atoms with Gasteiger partial charge in [0.05, 0.1) is 0 Å². The molecule has 0 radical (unpaired) electrons. The average Bonchev–Trinajstić information content (AvgIpc) is 2.32. The summed E-state index contributed by atoms with van der Waals surface area (Å²) in [4.78, 5) is 0. The normalized spacial score (nSPS) is 29.9. The molecule has 0 spiro atoms. The fourth-order valence-electron chi connectivity index (χ4n) is 3.18. The predicted octanol–water partition coefficient (Wildman–Crippen LogP) is 4.27. The van der Waals surface area contributed by atoms with Crippen LogP contribution in [0.25, 0.3) is 0 Å². The van der Waals surface area contributed by atoms with E-state index < -0.39 is 11.2 Å². The largest absolute Gasteiger partial charge is 0.382 e. The van der Waals surface area contributed by atoms with Gasteiger partial charge in [0.2, 0.25) is 0 Å². The Kier molecular flexibility index (Phi) is 5.79. The topological polar surface area (TPSA) is 29.5 Å². The summed E-state index contributed by atoms with van der Waals surface area (Å²) in [6.45, 7) is 12.4. The Balaban J connectivity index is 3.23.